The molecule has 94 valence electrons. The van der Waals surface area contributed by atoms with Crippen LogP contribution in [0.25, 0.3) is 5.03 Å². The Labute approximate surface area is 104 Å². The average molecular weight is 278 g/mol. The molecule has 7 heteroatoms. The topological polar surface area (TPSA) is 78.8 Å². The van der Waals surface area contributed by atoms with E-state index in [9.17, 15) is 9.46 Å². The highest BCUT2D eigenvalue weighted by Crippen LogP contribution is 2.38. The molecule has 0 fully saturated rings. The van der Waals surface area contributed by atoms with Gasteiger partial charge in [0.05, 0.1) is 19.3 Å². The van der Waals surface area contributed by atoms with E-state index in [1.165, 1.54) is 26.4 Å². The molecular formula is C10H11ClO5P-. The lowest BCUT2D eigenvalue weighted by Crippen LogP contribution is -1.95. The molecule has 1 aromatic rings. The minimum absolute atomic E-state index is 0.122. The zero-order chi connectivity index (χ0) is 13.1. The van der Waals surface area contributed by atoms with Crippen molar-refractivity contribution in [3.05, 3.63) is 29.6 Å². The van der Waals surface area contributed by atoms with E-state index in [4.69, 9.17) is 26.0 Å². The minimum Gasteiger partial charge on any atom is -0.775 e. The molecular weight excluding hydrogens is 267 g/mol. The number of halogens is 1. The van der Waals surface area contributed by atoms with Gasteiger partial charge in [0.1, 0.15) is 11.5 Å². The third-order valence-corrected chi connectivity index (χ3v) is 2.97. The molecule has 1 rings (SSSR count). The fraction of sp³-hybridized carbons (Fsp3) is 0.200. The molecule has 0 heterocycles. The first-order chi connectivity index (χ1) is 7.85. The van der Waals surface area contributed by atoms with Crippen LogP contribution in [0.4, 0.5) is 0 Å². The molecule has 0 spiro atoms. The Bertz CT molecular complexity index is 457. The average Bonchev–Trinajstić information content (AvgIpc) is 2.26. The van der Waals surface area contributed by atoms with Crippen LogP contribution < -0.4 is 14.4 Å². The normalized spacial score (nSPS) is 15.2. The van der Waals surface area contributed by atoms with E-state index in [-0.39, 0.29) is 5.03 Å². The van der Waals surface area contributed by atoms with Gasteiger partial charge in [-0.3, -0.25) is 0 Å². The van der Waals surface area contributed by atoms with Gasteiger partial charge in [0, 0.05) is 17.4 Å². The summed E-state index contributed by atoms with van der Waals surface area (Å²) in [6, 6.07) is 4.66. The maximum Gasteiger partial charge on any atom is 0.156 e. The van der Waals surface area contributed by atoms with E-state index in [0.717, 1.165) is 0 Å². The van der Waals surface area contributed by atoms with E-state index >= 15 is 0 Å². The summed E-state index contributed by atoms with van der Waals surface area (Å²) in [4.78, 5) is 19.4. The van der Waals surface area contributed by atoms with Crippen LogP contribution >= 0.6 is 19.2 Å². The van der Waals surface area contributed by atoms with Gasteiger partial charge in [-0.15, -0.1) is 0 Å². The Hall–Kier alpha value is -1.00. The molecule has 0 saturated heterocycles. The van der Waals surface area contributed by atoms with Crippen molar-refractivity contribution in [2.75, 3.05) is 14.2 Å². The zero-order valence-corrected chi connectivity index (χ0v) is 10.9. The molecule has 1 N–H and O–H groups in total. The second-order valence-corrected chi connectivity index (χ2v) is 4.94. The minimum atomic E-state index is -4.56. The predicted octanol–water partition coefficient (Wildman–Crippen LogP) is 1.79. The number of rotatable bonds is 4. The highest BCUT2D eigenvalue weighted by atomic mass is 35.5. The van der Waals surface area contributed by atoms with E-state index in [0.29, 0.717) is 22.9 Å². The van der Waals surface area contributed by atoms with Crippen molar-refractivity contribution in [3.63, 3.8) is 0 Å². The molecule has 0 aromatic heterocycles. The first kappa shape index (κ1) is 14.1. The molecule has 5 nitrogen and oxygen atoms in total. The van der Waals surface area contributed by atoms with Gasteiger partial charge in [0.15, 0.2) is 7.60 Å². The maximum absolute atomic E-state index is 10.7. The lowest BCUT2D eigenvalue weighted by atomic mass is 10.2. The Morgan fingerprint density at radius 1 is 1.35 bits per heavy atom. The summed E-state index contributed by atoms with van der Waals surface area (Å²) in [6.07, 6.45) is 0. The summed E-state index contributed by atoms with van der Waals surface area (Å²) < 4.78 is 20.7. The molecule has 0 aliphatic carbocycles. The predicted molar refractivity (Wildman–Crippen MR) is 63.2 cm³/mol. The number of hydrogen-bond acceptors (Lipinski definition) is 4. The quantitative estimate of drug-likeness (QED) is 0.849. The number of hydrogen-bond donors (Lipinski definition) is 1. The fourth-order valence-electron chi connectivity index (χ4n) is 1.16. The van der Waals surface area contributed by atoms with Gasteiger partial charge in [0.2, 0.25) is 0 Å². The molecule has 0 aliphatic rings. The number of methoxy groups -OCH3 is 2. The second kappa shape index (κ2) is 5.56. The first-order valence-corrected chi connectivity index (χ1v) is 6.53. The van der Waals surface area contributed by atoms with Gasteiger partial charge >= 0.3 is 0 Å². The summed E-state index contributed by atoms with van der Waals surface area (Å²) in [7, 11) is -1.64. The summed E-state index contributed by atoms with van der Waals surface area (Å²) in [5.41, 5.74) is 0.369. The standard InChI is InChI=1S/C10H12ClO5P/c1-15-8-3-7(4-9(5-8)16-2)10(11)6-17(12,13)14/h3-6H,1-2H3,(H2,12,13,14)/p-1. The van der Waals surface area contributed by atoms with Crippen LogP contribution in [0.5, 0.6) is 11.5 Å². The lowest BCUT2D eigenvalue weighted by molar-refractivity contribution is -0.189. The van der Waals surface area contributed by atoms with Crippen LogP contribution in [-0.2, 0) is 4.57 Å². The van der Waals surface area contributed by atoms with Gasteiger partial charge in [-0.05, 0) is 12.1 Å². The van der Waals surface area contributed by atoms with Crippen molar-refractivity contribution in [2.24, 2.45) is 0 Å². The summed E-state index contributed by atoms with van der Waals surface area (Å²) >= 11 is 5.77. The highest BCUT2D eigenvalue weighted by molar-refractivity contribution is 7.54. The van der Waals surface area contributed by atoms with Gasteiger partial charge in [-0.25, -0.2) is 0 Å². The second-order valence-electron chi connectivity index (χ2n) is 3.14. The SMILES string of the molecule is COc1cc(OC)cc(C(Cl)=CP(=O)([O-])O)c1. The zero-order valence-electron chi connectivity index (χ0n) is 9.21. The Morgan fingerprint density at radius 2 is 1.82 bits per heavy atom. The Morgan fingerprint density at radius 3 is 2.18 bits per heavy atom. The third kappa shape index (κ3) is 4.40. The molecule has 0 radical (unpaired) electrons. The van der Waals surface area contributed by atoms with Crippen molar-refractivity contribution in [3.8, 4) is 11.5 Å². The van der Waals surface area contributed by atoms with E-state index in [2.05, 4.69) is 0 Å². The fourth-order valence-corrected chi connectivity index (χ4v) is 2.08. The van der Waals surface area contributed by atoms with Crippen LogP contribution in [0.3, 0.4) is 0 Å². The van der Waals surface area contributed by atoms with Gasteiger partial charge in [-0.1, -0.05) is 11.6 Å². The Balaban J connectivity index is 3.22. The highest BCUT2D eigenvalue weighted by Gasteiger charge is 2.07. The van der Waals surface area contributed by atoms with Crippen LogP contribution in [0, 0.1) is 0 Å². The molecule has 17 heavy (non-hydrogen) atoms. The third-order valence-electron chi connectivity index (χ3n) is 1.90. The lowest BCUT2D eigenvalue weighted by Gasteiger charge is -2.12. The van der Waals surface area contributed by atoms with Crippen molar-refractivity contribution < 1.29 is 23.8 Å². The van der Waals surface area contributed by atoms with E-state index < -0.39 is 7.60 Å². The monoisotopic (exact) mass is 277 g/mol. The van der Waals surface area contributed by atoms with Gasteiger partial charge in [-0.2, -0.15) is 0 Å². The maximum atomic E-state index is 10.7. The van der Waals surface area contributed by atoms with Crippen molar-refractivity contribution >= 4 is 24.2 Å². The van der Waals surface area contributed by atoms with E-state index in [1.807, 2.05) is 0 Å². The number of ether oxygens (including phenoxy) is 2. The van der Waals surface area contributed by atoms with Crippen LogP contribution in [0.2, 0.25) is 0 Å². The van der Waals surface area contributed by atoms with Crippen molar-refractivity contribution in [1.29, 1.82) is 0 Å². The molecule has 1 aromatic carbocycles. The largest absolute Gasteiger partial charge is 0.775 e. The Kier molecular flexibility index (Phi) is 4.60. The summed E-state index contributed by atoms with van der Waals surface area (Å²) in [5.74, 6) is 1.50. The van der Waals surface area contributed by atoms with Crippen molar-refractivity contribution in [1.82, 2.24) is 0 Å². The first-order valence-electron chi connectivity index (χ1n) is 4.51. The number of benzene rings is 1. The summed E-state index contributed by atoms with van der Waals surface area (Å²) in [5, 5.41) is -0.122. The molecule has 0 amide bonds. The van der Waals surface area contributed by atoms with Crippen LogP contribution in [0.1, 0.15) is 5.56 Å². The van der Waals surface area contributed by atoms with Gasteiger partial charge in [0.25, 0.3) is 0 Å². The molecule has 0 bridgehead atoms. The molecule has 0 saturated carbocycles. The molecule has 1 atom stereocenters. The molecule has 1 unspecified atom stereocenters. The van der Waals surface area contributed by atoms with Gasteiger partial charge < -0.3 is 23.8 Å². The van der Waals surface area contributed by atoms with Crippen LogP contribution in [-0.4, -0.2) is 19.1 Å². The van der Waals surface area contributed by atoms with Crippen LogP contribution in [0.15, 0.2) is 24.0 Å². The van der Waals surface area contributed by atoms with Crippen molar-refractivity contribution in [2.45, 2.75) is 0 Å². The van der Waals surface area contributed by atoms with E-state index in [1.54, 1.807) is 6.07 Å². The summed E-state index contributed by atoms with van der Waals surface area (Å²) in [6.45, 7) is 0. The smallest absolute Gasteiger partial charge is 0.156 e. The molecule has 0 aliphatic heterocycles.